The number of likely N-dealkylation sites (tertiary alicyclic amines) is 1. The second kappa shape index (κ2) is 8.40. The molecule has 0 radical (unpaired) electrons. The highest BCUT2D eigenvalue weighted by Crippen LogP contribution is 2.27. The van der Waals surface area contributed by atoms with Gasteiger partial charge in [0.2, 0.25) is 11.0 Å². The summed E-state index contributed by atoms with van der Waals surface area (Å²) in [7, 11) is 1.56. The van der Waals surface area contributed by atoms with Crippen molar-refractivity contribution in [3.63, 3.8) is 0 Å². The first-order valence-electron chi connectivity index (χ1n) is 9.30. The van der Waals surface area contributed by atoms with Crippen LogP contribution in [0.2, 0.25) is 0 Å². The Hall–Kier alpha value is -3.26. The SMILES string of the molecule is COc1cccc(C(=O)N2CCC[C@H]2C(=O)Nc2nnc(-c3ccccc3)s2)c1. The quantitative estimate of drug-likeness (QED) is 0.699. The van der Waals surface area contributed by atoms with Crippen molar-refractivity contribution in [2.45, 2.75) is 18.9 Å². The number of rotatable bonds is 5. The van der Waals surface area contributed by atoms with Crippen LogP contribution in [0, 0.1) is 0 Å². The first-order valence-corrected chi connectivity index (χ1v) is 10.1. The molecule has 2 heterocycles. The minimum absolute atomic E-state index is 0.177. The summed E-state index contributed by atoms with van der Waals surface area (Å²) < 4.78 is 5.20. The molecule has 0 saturated carbocycles. The molecule has 0 aliphatic carbocycles. The number of aromatic nitrogens is 2. The number of methoxy groups -OCH3 is 1. The fraction of sp³-hybridized carbons (Fsp3) is 0.238. The summed E-state index contributed by atoms with van der Waals surface area (Å²) in [4.78, 5) is 27.4. The summed E-state index contributed by atoms with van der Waals surface area (Å²) in [5, 5.41) is 12.2. The van der Waals surface area contributed by atoms with Crippen LogP contribution in [0.5, 0.6) is 5.75 Å². The monoisotopic (exact) mass is 408 g/mol. The van der Waals surface area contributed by atoms with E-state index in [4.69, 9.17) is 4.74 Å². The number of ether oxygens (including phenoxy) is 1. The zero-order valence-corrected chi connectivity index (χ0v) is 16.7. The molecule has 7 nitrogen and oxygen atoms in total. The maximum Gasteiger partial charge on any atom is 0.254 e. The van der Waals surface area contributed by atoms with E-state index in [-0.39, 0.29) is 11.8 Å². The van der Waals surface area contributed by atoms with E-state index in [0.29, 0.717) is 29.4 Å². The number of nitrogens with one attached hydrogen (secondary N) is 1. The standard InChI is InChI=1S/C21H20N4O3S/c1-28-16-10-5-9-15(13-16)20(27)25-12-6-11-17(25)18(26)22-21-24-23-19(29-21)14-7-3-2-4-8-14/h2-5,7-10,13,17H,6,11-12H2,1H3,(H,22,24,26)/t17-/m0/s1. The Morgan fingerprint density at radius 1 is 1.14 bits per heavy atom. The van der Waals surface area contributed by atoms with Gasteiger partial charge in [0.15, 0.2) is 0 Å². The van der Waals surface area contributed by atoms with Gasteiger partial charge >= 0.3 is 0 Å². The number of hydrogen-bond acceptors (Lipinski definition) is 6. The summed E-state index contributed by atoms with van der Waals surface area (Å²) in [5.74, 6) is 0.191. The van der Waals surface area contributed by atoms with Crippen molar-refractivity contribution in [2.24, 2.45) is 0 Å². The van der Waals surface area contributed by atoms with Gasteiger partial charge in [-0.15, -0.1) is 10.2 Å². The first-order chi connectivity index (χ1) is 14.2. The molecule has 0 unspecified atom stereocenters. The molecule has 2 amide bonds. The van der Waals surface area contributed by atoms with Gasteiger partial charge in [0.1, 0.15) is 16.8 Å². The van der Waals surface area contributed by atoms with Gasteiger partial charge in [-0.1, -0.05) is 47.7 Å². The molecule has 2 aromatic carbocycles. The van der Waals surface area contributed by atoms with Crippen molar-refractivity contribution in [2.75, 3.05) is 19.0 Å². The van der Waals surface area contributed by atoms with Gasteiger partial charge in [-0.3, -0.25) is 14.9 Å². The summed E-state index contributed by atoms with van der Waals surface area (Å²) in [6.45, 7) is 0.541. The first kappa shape index (κ1) is 19.1. The maximum atomic E-state index is 12.9. The molecule has 1 aliphatic heterocycles. The van der Waals surface area contributed by atoms with Gasteiger partial charge in [-0.05, 0) is 31.0 Å². The second-order valence-electron chi connectivity index (χ2n) is 6.66. The van der Waals surface area contributed by atoms with Crippen LogP contribution in [-0.2, 0) is 4.79 Å². The van der Waals surface area contributed by atoms with Crippen molar-refractivity contribution < 1.29 is 14.3 Å². The van der Waals surface area contributed by atoms with Crippen molar-refractivity contribution in [1.82, 2.24) is 15.1 Å². The third-order valence-electron chi connectivity index (χ3n) is 4.81. The van der Waals surface area contributed by atoms with Gasteiger partial charge in [-0.25, -0.2) is 0 Å². The Balaban J connectivity index is 1.47. The molecule has 3 aromatic rings. The Bertz CT molecular complexity index is 1020. The van der Waals surface area contributed by atoms with Crippen LogP contribution in [0.3, 0.4) is 0 Å². The van der Waals surface area contributed by atoms with E-state index in [9.17, 15) is 9.59 Å². The average Bonchev–Trinajstić information content (AvgIpc) is 3.44. The zero-order chi connectivity index (χ0) is 20.2. The lowest BCUT2D eigenvalue weighted by molar-refractivity contribution is -0.119. The number of nitrogens with zero attached hydrogens (tertiary/aromatic N) is 3. The van der Waals surface area contributed by atoms with Crippen LogP contribution in [0.4, 0.5) is 5.13 Å². The number of hydrogen-bond donors (Lipinski definition) is 1. The molecule has 0 spiro atoms. The van der Waals surface area contributed by atoms with E-state index in [1.807, 2.05) is 30.3 Å². The van der Waals surface area contributed by atoms with Gasteiger partial charge in [-0.2, -0.15) is 0 Å². The number of benzene rings is 2. The summed E-state index contributed by atoms with van der Waals surface area (Å²) in [5.41, 5.74) is 1.45. The molecule has 1 aliphatic rings. The molecular weight excluding hydrogens is 388 g/mol. The highest BCUT2D eigenvalue weighted by molar-refractivity contribution is 7.18. The summed E-state index contributed by atoms with van der Waals surface area (Å²) >= 11 is 1.31. The van der Waals surface area contributed by atoms with Gasteiger partial charge < -0.3 is 9.64 Å². The van der Waals surface area contributed by atoms with Crippen molar-refractivity contribution in [3.05, 3.63) is 60.2 Å². The van der Waals surface area contributed by atoms with E-state index < -0.39 is 6.04 Å². The molecule has 0 bridgehead atoms. The van der Waals surface area contributed by atoms with Crippen LogP contribution in [0.1, 0.15) is 23.2 Å². The number of anilines is 1. The third-order valence-corrected chi connectivity index (χ3v) is 5.70. The molecule has 1 N–H and O–H groups in total. The summed E-state index contributed by atoms with van der Waals surface area (Å²) in [6, 6.07) is 16.1. The van der Waals surface area contributed by atoms with E-state index in [0.717, 1.165) is 17.0 Å². The predicted octanol–water partition coefficient (Wildman–Crippen LogP) is 3.46. The molecule has 1 fully saturated rings. The average molecular weight is 408 g/mol. The summed E-state index contributed by atoms with van der Waals surface area (Å²) in [6.07, 6.45) is 1.39. The van der Waals surface area contributed by atoms with Gasteiger partial charge in [0.25, 0.3) is 5.91 Å². The largest absolute Gasteiger partial charge is 0.497 e. The van der Waals surface area contributed by atoms with Crippen molar-refractivity contribution in [1.29, 1.82) is 0 Å². The third kappa shape index (κ3) is 4.12. The number of amides is 2. The fourth-order valence-corrected chi connectivity index (χ4v) is 4.12. The van der Waals surface area contributed by atoms with Crippen LogP contribution in [-0.4, -0.2) is 46.6 Å². The van der Waals surface area contributed by atoms with E-state index in [2.05, 4.69) is 15.5 Å². The normalized spacial score (nSPS) is 15.9. The lowest BCUT2D eigenvalue weighted by Crippen LogP contribution is -2.43. The maximum absolute atomic E-state index is 12.9. The van der Waals surface area contributed by atoms with E-state index >= 15 is 0 Å². The molecule has 29 heavy (non-hydrogen) atoms. The van der Waals surface area contributed by atoms with Crippen molar-refractivity contribution in [3.8, 4) is 16.3 Å². The zero-order valence-electron chi connectivity index (χ0n) is 15.9. The Labute approximate surface area is 172 Å². The van der Waals surface area contributed by atoms with Crippen LogP contribution in [0.25, 0.3) is 10.6 Å². The molecule has 1 saturated heterocycles. The lowest BCUT2D eigenvalue weighted by Gasteiger charge is -2.23. The number of carbonyl (C=O) groups is 2. The number of carbonyl (C=O) groups excluding carboxylic acids is 2. The van der Waals surface area contributed by atoms with Crippen LogP contribution < -0.4 is 10.1 Å². The molecule has 1 aromatic heterocycles. The molecule has 4 rings (SSSR count). The highest BCUT2D eigenvalue weighted by Gasteiger charge is 2.35. The predicted molar refractivity (Wildman–Crippen MR) is 111 cm³/mol. The smallest absolute Gasteiger partial charge is 0.254 e. The molecule has 1 atom stereocenters. The highest BCUT2D eigenvalue weighted by atomic mass is 32.1. The topological polar surface area (TPSA) is 84.4 Å². The molecule has 8 heteroatoms. The molecule has 148 valence electrons. The minimum atomic E-state index is -0.530. The molecular formula is C21H20N4O3S. The Kier molecular flexibility index (Phi) is 5.53. The van der Waals surface area contributed by atoms with Crippen LogP contribution in [0.15, 0.2) is 54.6 Å². The lowest BCUT2D eigenvalue weighted by atomic mass is 10.1. The van der Waals surface area contributed by atoms with Gasteiger partial charge in [0.05, 0.1) is 7.11 Å². The second-order valence-corrected chi connectivity index (χ2v) is 7.63. The van der Waals surface area contributed by atoms with Crippen LogP contribution >= 0.6 is 11.3 Å². The van der Waals surface area contributed by atoms with E-state index in [1.165, 1.54) is 11.3 Å². The Morgan fingerprint density at radius 3 is 2.76 bits per heavy atom. The van der Waals surface area contributed by atoms with Crippen molar-refractivity contribution >= 4 is 28.3 Å². The van der Waals surface area contributed by atoms with E-state index in [1.54, 1.807) is 36.3 Å². The minimum Gasteiger partial charge on any atom is -0.497 e. The van der Waals surface area contributed by atoms with Gasteiger partial charge in [0, 0.05) is 17.7 Å². The Morgan fingerprint density at radius 2 is 1.97 bits per heavy atom. The fourth-order valence-electron chi connectivity index (χ4n) is 3.36.